The molecule has 0 aliphatic carbocycles. The van der Waals surface area contributed by atoms with Crippen molar-refractivity contribution in [1.29, 1.82) is 0 Å². The Morgan fingerprint density at radius 2 is 1.80 bits per heavy atom. The molecule has 0 spiro atoms. The molecule has 0 bridgehead atoms. The number of nitrogens with zero attached hydrogens (tertiary/aromatic N) is 8. The predicted molar refractivity (Wildman–Crippen MR) is 137 cm³/mol. The smallest absolute Gasteiger partial charge is 0.341 e. The molecule has 0 radical (unpaired) electrons. The molecule has 2 aliphatic rings. The molecule has 3 aromatic rings. The number of aromatic nitrogens is 4. The quantitative estimate of drug-likeness (QED) is 0.462. The summed E-state index contributed by atoms with van der Waals surface area (Å²) < 4.78 is 49.3. The molecule has 11 nitrogen and oxygen atoms in total. The number of hydrogen-bond donors (Lipinski definition) is 0. The monoisotopic (exact) mass is 556 g/mol. The number of halogens is 3. The van der Waals surface area contributed by atoms with Crippen LogP contribution >= 0.6 is 0 Å². The summed E-state index contributed by atoms with van der Waals surface area (Å²) in [5, 5.41) is 9.67. The van der Waals surface area contributed by atoms with Crippen molar-refractivity contribution in [2.24, 2.45) is 5.10 Å². The minimum atomic E-state index is -0.767. The van der Waals surface area contributed by atoms with Gasteiger partial charge in [-0.25, -0.2) is 23.6 Å². The molecular weight excluding hydrogens is 529 g/mol. The van der Waals surface area contributed by atoms with Crippen molar-refractivity contribution in [2.45, 2.75) is 39.0 Å². The summed E-state index contributed by atoms with van der Waals surface area (Å²) in [6.45, 7) is 3.82. The summed E-state index contributed by atoms with van der Waals surface area (Å²) in [4.78, 5) is 36.5. The molecule has 3 amide bonds. The molecule has 2 aliphatic heterocycles. The lowest BCUT2D eigenvalue weighted by Gasteiger charge is -2.40. The number of rotatable bonds is 6. The number of hydrogen-bond acceptors (Lipinski definition) is 7. The van der Waals surface area contributed by atoms with Gasteiger partial charge < -0.3 is 14.5 Å². The molecule has 0 N–H and O–H groups in total. The second-order valence-electron chi connectivity index (χ2n) is 9.86. The van der Waals surface area contributed by atoms with E-state index in [9.17, 15) is 22.8 Å². The largest absolute Gasteiger partial charge is 0.468 e. The summed E-state index contributed by atoms with van der Waals surface area (Å²) in [6.07, 6.45) is 2.29. The van der Waals surface area contributed by atoms with Crippen molar-refractivity contribution < 1.29 is 27.5 Å². The number of urea groups is 1. The van der Waals surface area contributed by atoms with Crippen LogP contribution in [0.1, 0.15) is 29.4 Å². The Balaban J connectivity index is 1.26. The van der Waals surface area contributed by atoms with Gasteiger partial charge in [0.1, 0.15) is 24.3 Å². The Bertz CT molecular complexity index is 1480. The molecule has 1 saturated heterocycles. The van der Waals surface area contributed by atoms with E-state index in [2.05, 4.69) is 20.2 Å². The molecule has 4 heterocycles. The summed E-state index contributed by atoms with van der Waals surface area (Å²) in [6, 6.07) is 2.01. The maximum Gasteiger partial charge on any atom is 0.341 e. The van der Waals surface area contributed by atoms with Crippen molar-refractivity contribution in [1.82, 2.24) is 34.6 Å². The maximum absolute atomic E-state index is 14.6. The molecule has 210 valence electrons. The molecule has 14 heteroatoms. The van der Waals surface area contributed by atoms with E-state index in [-0.39, 0.29) is 37.2 Å². The third-order valence-corrected chi connectivity index (χ3v) is 6.79. The van der Waals surface area contributed by atoms with Crippen LogP contribution in [-0.4, -0.2) is 86.0 Å². The van der Waals surface area contributed by atoms with Gasteiger partial charge in [-0.15, -0.1) is 0 Å². The number of hydrazone groups is 1. The number of benzene rings is 1. The van der Waals surface area contributed by atoms with E-state index in [1.165, 1.54) is 33.2 Å². The molecule has 0 saturated carbocycles. The molecule has 2 aromatic heterocycles. The minimum Gasteiger partial charge on any atom is -0.468 e. The fraction of sp³-hybridized carbons (Fsp3) is 0.385. The van der Waals surface area contributed by atoms with Crippen molar-refractivity contribution in [2.75, 3.05) is 27.2 Å². The van der Waals surface area contributed by atoms with Crippen LogP contribution < -0.4 is 4.74 Å². The lowest BCUT2D eigenvalue weighted by atomic mass is 10.0. The summed E-state index contributed by atoms with van der Waals surface area (Å²) in [5.41, 5.74) is 2.08. The Hall–Kier alpha value is -4.49. The standard InChI is InChI=1S/C26H27F3N8O3/c1-14-23(15(2)36(33-14)13-22(38)34(3)4)24-30-10-20(29)25(32-24)40-19-11-35(12-19)26(39)37-21(5-6-31-37)16-7-17(27)9-18(28)8-16/h6-10,19,21H,5,11-13H2,1-4H3/t21-/m0/s1. The number of ether oxygens (including phenoxy) is 1. The van der Waals surface area contributed by atoms with Crippen LogP contribution in [0, 0.1) is 31.3 Å². The zero-order valence-corrected chi connectivity index (χ0v) is 22.3. The third kappa shape index (κ3) is 5.20. The number of amides is 3. The third-order valence-electron chi connectivity index (χ3n) is 6.79. The maximum atomic E-state index is 14.6. The van der Waals surface area contributed by atoms with E-state index in [0.29, 0.717) is 28.9 Å². The summed E-state index contributed by atoms with van der Waals surface area (Å²) >= 11 is 0. The first kappa shape index (κ1) is 27.1. The Morgan fingerprint density at radius 1 is 1.10 bits per heavy atom. The first-order chi connectivity index (χ1) is 19.0. The van der Waals surface area contributed by atoms with Crippen molar-refractivity contribution in [3.8, 4) is 17.3 Å². The second-order valence-corrected chi connectivity index (χ2v) is 9.86. The zero-order chi connectivity index (χ0) is 28.7. The van der Waals surface area contributed by atoms with Crippen LogP contribution in [0.25, 0.3) is 11.4 Å². The Morgan fingerprint density at radius 3 is 2.48 bits per heavy atom. The number of carbonyl (C=O) groups excluding carboxylic acids is 2. The van der Waals surface area contributed by atoms with Crippen LogP contribution in [0.3, 0.4) is 0 Å². The van der Waals surface area contributed by atoms with Crippen molar-refractivity contribution >= 4 is 18.2 Å². The first-order valence-electron chi connectivity index (χ1n) is 12.5. The van der Waals surface area contributed by atoms with Crippen LogP contribution in [0.5, 0.6) is 5.88 Å². The SMILES string of the molecule is Cc1nn(CC(=O)N(C)C)c(C)c1-c1ncc(F)c(OC2CN(C(=O)N3N=CC[C@H]3c3cc(F)cc(F)c3)C2)n1. The average Bonchev–Trinajstić information content (AvgIpc) is 3.46. The molecule has 1 fully saturated rings. The van der Waals surface area contributed by atoms with Gasteiger partial charge in [-0.2, -0.15) is 19.6 Å². The van der Waals surface area contributed by atoms with Crippen LogP contribution in [0.2, 0.25) is 0 Å². The number of aryl methyl sites for hydroxylation is 1. The Kier molecular flexibility index (Phi) is 7.17. The molecule has 0 unspecified atom stereocenters. The highest BCUT2D eigenvalue weighted by Gasteiger charge is 2.39. The number of carbonyl (C=O) groups is 2. The van der Waals surface area contributed by atoms with Gasteiger partial charge in [-0.1, -0.05) is 0 Å². The summed E-state index contributed by atoms with van der Waals surface area (Å²) in [7, 11) is 3.30. The van der Waals surface area contributed by atoms with Crippen LogP contribution in [0.15, 0.2) is 29.5 Å². The van der Waals surface area contributed by atoms with E-state index in [0.717, 1.165) is 12.3 Å². The lowest BCUT2D eigenvalue weighted by Crippen LogP contribution is -2.59. The van der Waals surface area contributed by atoms with Gasteiger partial charge in [0.2, 0.25) is 11.7 Å². The van der Waals surface area contributed by atoms with Crippen molar-refractivity contribution in [3.05, 3.63) is 58.8 Å². The molecule has 1 aromatic carbocycles. The minimum absolute atomic E-state index is 0.0340. The van der Waals surface area contributed by atoms with E-state index < -0.39 is 35.6 Å². The normalized spacial score (nSPS) is 16.8. The highest BCUT2D eigenvalue weighted by Crippen LogP contribution is 2.32. The van der Waals surface area contributed by atoms with Crippen LogP contribution in [-0.2, 0) is 11.3 Å². The number of likely N-dealkylation sites (tertiary alicyclic amines) is 1. The zero-order valence-electron chi connectivity index (χ0n) is 22.3. The molecular formula is C26H27F3N8O3. The van der Waals surface area contributed by atoms with E-state index in [1.54, 1.807) is 32.6 Å². The molecule has 40 heavy (non-hydrogen) atoms. The second kappa shape index (κ2) is 10.6. The fourth-order valence-electron chi connectivity index (χ4n) is 4.61. The van der Waals surface area contributed by atoms with Gasteiger partial charge in [0.05, 0.1) is 36.6 Å². The van der Waals surface area contributed by atoms with Gasteiger partial charge in [0.15, 0.2) is 5.82 Å². The highest BCUT2D eigenvalue weighted by atomic mass is 19.1. The van der Waals surface area contributed by atoms with Gasteiger partial charge in [0, 0.05) is 38.5 Å². The van der Waals surface area contributed by atoms with Crippen LogP contribution in [0.4, 0.5) is 18.0 Å². The van der Waals surface area contributed by atoms with E-state index in [1.807, 2.05) is 0 Å². The van der Waals surface area contributed by atoms with Gasteiger partial charge in [-0.05, 0) is 31.5 Å². The fourth-order valence-corrected chi connectivity index (χ4v) is 4.61. The summed E-state index contributed by atoms with van der Waals surface area (Å²) in [5.74, 6) is -2.46. The Labute approximate surface area is 227 Å². The van der Waals surface area contributed by atoms with Gasteiger partial charge >= 0.3 is 6.03 Å². The predicted octanol–water partition coefficient (Wildman–Crippen LogP) is 3.08. The van der Waals surface area contributed by atoms with E-state index >= 15 is 0 Å². The highest BCUT2D eigenvalue weighted by molar-refractivity contribution is 5.79. The first-order valence-corrected chi connectivity index (χ1v) is 12.5. The van der Waals surface area contributed by atoms with E-state index in [4.69, 9.17) is 4.74 Å². The lowest BCUT2D eigenvalue weighted by molar-refractivity contribution is -0.129. The average molecular weight is 557 g/mol. The number of likely N-dealkylation sites (N-methyl/N-ethyl adjacent to an activating group) is 1. The topological polar surface area (TPSA) is 109 Å². The van der Waals surface area contributed by atoms with Crippen molar-refractivity contribution in [3.63, 3.8) is 0 Å². The molecule has 5 rings (SSSR count). The van der Waals surface area contributed by atoms with Gasteiger partial charge in [0.25, 0.3) is 5.88 Å². The van der Waals surface area contributed by atoms with Gasteiger partial charge in [-0.3, -0.25) is 9.48 Å². The molecule has 1 atom stereocenters.